The van der Waals surface area contributed by atoms with Crippen LogP contribution in [0.3, 0.4) is 0 Å². The summed E-state index contributed by atoms with van der Waals surface area (Å²) in [5, 5.41) is 17.3. The summed E-state index contributed by atoms with van der Waals surface area (Å²) < 4.78 is 2.01. The van der Waals surface area contributed by atoms with Gasteiger partial charge in [-0.05, 0) is 60.1 Å². The third-order valence-corrected chi connectivity index (χ3v) is 5.91. The third-order valence-electron chi connectivity index (χ3n) is 5.91. The molecule has 4 N–H and O–H groups in total. The molecule has 7 heteroatoms. The van der Waals surface area contributed by atoms with Crippen molar-refractivity contribution in [2.45, 2.75) is 39.5 Å². The lowest BCUT2D eigenvalue weighted by molar-refractivity contribution is 0.100. The summed E-state index contributed by atoms with van der Waals surface area (Å²) in [5.74, 6) is -0.507. The van der Waals surface area contributed by atoms with Crippen LogP contribution in [0.25, 0.3) is 5.69 Å². The molecule has 3 aromatic rings. The number of carbonyl (C=O) groups excluding carboxylic acids is 1. The average molecular weight is 420 g/mol. The van der Waals surface area contributed by atoms with E-state index in [1.165, 1.54) is 11.3 Å². The highest BCUT2D eigenvalue weighted by Crippen LogP contribution is 2.38. The third kappa shape index (κ3) is 4.46. The number of aliphatic hydroxyl groups is 1. The smallest absolute Gasteiger partial charge is 0.250 e. The number of fused-ring (bicyclic) bond motifs is 1. The van der Waals surface area contributed by atoms with Crippen LogP contribution in [0, 0.1) is 5.41 Å². The lowest BCUT2D eigenvalue weighted by atomic mass is 9.76. The predicted octanol–water partition coefficient (Wildman–Crippen LogP) is 2.88. The maximum atomic E-state index is 11.8. The molecule has 0 fully saturated rings. The summed E-state index contributed by atoms with van der Waals surface area (Å²) in [6, 6.07) is 9.51. The predicted molar refractivity (Wildman–Crippen MR) is 121 cm³/mol. The van der Waals surface area contributed by atoms with Crippen LogP contribution in [0.1, 0.15) is 53.1 Å². The van der Waals surface area contributed by atoms with Crippen LogP contribution in [0.15, 0.2) is 42.7 Å². The highest BCUT2D eigenvalue weighted by Gasteiger charge is 2.31. The molecule has 31 heavy (non-hydrogen) atoms. The Morgan fingerprint density at radius 3 is 2.87 bits per heavy atom. The Balaban J connectivity index is 1.80. The van der Waals surface area contributed by atoms with Gasteiger partial charge in [0.15, 0.2) is 0 Å². The van der Waals surface area contributed by atoms with Crippen LogP contribution in [0.5, 0.6) is 0 Å². The van der Waals surface area contributed by atoms with E-state index in [-0.39, 0.29) is 12.0 Å². The van der Waals surface area contributed by atoms with Crippen molar-refractivity contribution in [2.75, 3.05) is 18.5 Å². The van der Waals surface area contributed by atoms with Crippen molar-refractivity contribution in [3.63, 3.8) is 0 Å². The van der Waals surface area contributed by atoms with Gasteiger partial charge in [-0.1, -0.05) is 19.9 Å². The highest BCUT2D eigenvalue weighted by atomic mass is 16.3. The van der Waals surface area contributed by atoms with Crippen LogP contribution in [0.2, 0.25) is 0 Å². The number of amides is 1. The fourth-order valence-corrected chi connectivity index (χ4v) is 4.28. The molecule has 0 spiro atoms. The van der Waals surface area contributed by atoms with Gasteiger partial charge in [0.2, 0.25) is 0 Å². The normalized spacial score (nSPS) is 14.8. The molecule has 2 aromatic heterocycles. The minimum atomic E-state index is -0.507. The molecule has 0 saturated carbocycles. The minimum Gasteiger partial charge on any atom is -0.395 e. The van der Waals surface area contributed by atoms with E-state index in [4.69, 9.17) is 10.8 Å². The Kier molecular flexibility index (Phi) is 5.78. The van der Waals surface area contributed by atoms with Crippen molar-refractivity contribution in [1.82, 2.24) is 14.8 Å². The number of pyridine rings is 1. The van der Waals surface area contributed by atoms with Gasteiger partial charge in [-0.2, -0.15) is 5.10 Å². The first-order valence-electron chi connectivity index (χ1n) is 10.7. The van der Waals surface area contributed by atoms with Crippen molar-refractivity contribution in [2.24, 2.45) is 11.1 Å². The maximum Gasteiger partial charge on any atom is 0.250 e. The minimum absolute atomic E-state index is 0.0386. The molecule has 0 atom stereocenters. The Labute approximate surface area is 182 Å². The van der Waals surface area contributed by atoms with Crippen molar-refractivity contribution in [3.05, 3.63) is 70.8 Å². The van der Waals surface area contributed by atoms with Crippen LogP contribution in [-0.2, 0) is 19.3 Å². The second kappa shape index (κ2) is 8.51. The molecule has 7 nitrogen and oxygen atoms in total. The summed E-state index contributed by atoms with van der Waals surface area (Å²) in [7, 11) is 0. The molecule has 2 heterocycles. The number of nitrogens with zero attached hydrogens (tertiary/aromatic N) is 3. The zero-order valence-corrected chi connectivity index (χ0v) is 18.1. The van der Waals surface area contributed by atoms with Crippen molar-refractivity contribution < 1.29 is 9.90 Å². The second-order valence-corrected chi connectivity index (χ2v) is 8.91. The quantitative estimate of drug-likeness (QED) is 0.546. The molecule has 0 radical (unpaired) electrons. The van der Waals surface area contributed by atoms with Gasteiger partial charge in [-0.3, -0.25) is 9.78 Å². The molecule has 1 amide bonds. The van der Waals surface area contributed by atoms with Crippen molar-refractivity contribution in [3.8, 4) is 5.69 Å². The zero-order chi connectivity index (χ0) is 22.0. The highest BCUT2D eigenvalue weighted by molar-refractivity contribution is 5.98. The number of aromatic nitrogens is 3. The molecule has 0 saturated heterocycles. The van der Waals surface area contributed by atoms with Gasteiger partial charge in [0.05, 0.1) is 23.6 Å². The maximum absolute atomic E-state index is 11.8. The summed E-state index contributed by atoms with van der Waals surface area (Å²) in [6.07, 6.45) is 7.44. The Hall–Kier alpha value is -3.19. The second-order valence-electron chi connectivity index (χ2n) is 8.91. The number of primary amides is 1. The largest absolute Gasteiger partial charge is 0.395 e. The first-order chi connectivity index (χ1) is 14.9. The summed E-state index contributed by atoms with van der Waals surface area (Å²) in [5.41, 5.74) is 12.3. The fraction of sp³-hybridized carbons (Fsp3) is 0.375. The number of nitrogens with one attached hydrogen (secondary N) is 1. The van der Waals surface area contributed by atoms with Gasteiger partial charge in [-0.25, -0.2) is 4.68 Å². The summed E-state index contributed by atoms with van der Waals surface area (Å²) in [6.45, 7) is 4.88. The van der Waals surface area contributed by atoms with E-state index >= 15 is 0 Å². The van der Waals surface area contributed by atoms with Crippen LogP contribution >= 0.6 is 0 Å². The standard InChI is InChI=1S/C24H29N5O2/c1-24(2)8-7-18-21(12-16-4-3-9-26-15-16)28-29(22(18)14-24)17-5-6-19(23(25)31)20(13-17)27-10-11-30/h3-6,9,13,15,27,30H,7-8,10-12,14H2,1-2H3,(H2,25,31). The Morgan fingerprint density at radius 1 is 1.32 bits per heavy atom. The average Bonchev–Trinajstić information content (AvgIpc) is 3.08. The first-order valence-corrected chi connectivity index (χ1v) is 10.7. The lowest BCUT2D eigenvalue weighted by Gasteiger charge is -2.30. The molecule has 0 unspecified atom stereocenters. The molecule has 4 rings (SSSR count). The van der Waals surface area contributed by atoms with E-state index in [2.05, 4.69) is 30.2 Å². The van der Waals surface area contributed by atoms with E-state index < -0.39 is 5.91 Å². The number of anilines is 1. The number of nitrogens with two attached hydrogens (primary N) is 1. The molecule has 1 aliphatic carbocycles. The van der Waals surface area contributed by atoms with Gasteiger partial charge in [0.1, 0.15) is 0 Å². The number of rotatable bonds is 7. The number of benzene rings is 1. The van der Waals surface area contributed by atoms with Crippen LogP contribution in [-0.4, -0.2) is 38.9 Å². The Morgan fingerprint density at radius 2 is 2.16 bits per heavy atom. The SMILES string of the molecule is CC1(C)CCc2c(Cc3cccnc3)nn(-c3ccc(C(N)=O)c(NCCO)c3)c2C1. The molecule has 1 aliphatic rings. The topological polar surface area (TPSA) is 106 Å². The van der Waals surface area contributed by atoms with E-state index in [0.29, 0.717) is 17.8 Å². The van der Waals surface area contributed by atoms with Gasteiger partial charge >= 0.3 is 0 Å². The lowest BCUT2D eigenvalue weighted by Crippen LogP contribution is -2.24. The van der Waals surface area contributed by atoms with E-state index in [1.54, 1.807) is 12.3 Å². The molecular formula is C24H29N5O2. The molecule has 0 aliphatic heterocycles. The van der Waals surface area contributed by atoms with E-state index in [1.807, 2.05) is 29.1 Å². The number of aliphatic hydroxyl groups excluding tert-OH is 1. The van der Waals surface area contributed by atoms with Crippen molar-refractivity contribution in [1.29, 1.82) is 0 Å². The van der Waals surface area contributed by atoms with Gasteiger partial charge in [-0.15, -0.1) is 0 Å². The van der Waals surface area contributed by atoms with Crippen molar-refractivity contribution >= 4 is 11.6 Å². The summed E-state index contributed by atoms with van der Waals surface area (Å²) in [4.78, 5) is 16.1. The van der Waals surface area contributed by atoms with Gasteiger partial charge in [0.25, 0.3) is 5.91 Å². The fourth-order valence-electron chi connectivity index (χ4n) is 4.28. The molecule has 0 bridgehead atoms. The number of carbonyl (C=O) groups is 1. The number of hydrogen-bond donors (Lipinski definition) is 3. The summed E-state index contributed by atoms with van der Waals surface area (Å²) >= 11 is 0. The molecular weight excluding hydrogens is 390 g/mol. The monoisotopic (exact) mass is 419 g/mol. The van der Waals surface area contributed by atoms with E-state index in [9.17, 15) is 9.90 Å². The van der Waals surface area contributed by atoms with Crippen LogP contribution in [0.4, 0.5) is 5.69 Å². The van der Waals surface area contributed by atoms with Crippen LogP contribution < -0.4 is 11.1 Å². The molecule has 162 valence electrons. The zero-order valence-electron chi connectivity index (χ0n) is 18.1. The molecule has 1 aromatic carbocycles. The number of hydrogen-bond acceptors (Lipinski definition) is 5. The first kappa shape index (κ1) is 21.1. The van der Waals surface area contributed by atoms with E-state index in [0.717, 1.165) is 42.6 Å². The Bertz CT molecular complexity index is 1090. The van der Waals surface area contributed by atoms with Gasteiger partial charge in [0, 0.05) is 36.7 Å². The van der Waals surface area contributed by atoms with Gasteiger partial charge < -0.3 is 16.2 Å².